The summed E-state index contributed by atoms with van der Waals surface area (Å²) < 4.78 is 19.0. The van der Waals surface area contributed by atoms with Gasteiger partial charge in [-0.25, -0.2) is 19.2 Å². The molecule has 3 saturated heterocycles. The molecule has 3 aliphatic rings. The first kappa shape index (κ1) is 17.4. The molecule has 0 bridgehead atoms. The molecule has 28 heavy (non-hydrogen) atoms. The largest absolute Gasteiger partial charge is 0.437 e. The quantitative estimate of drug-likeness (QED) is 0.806. The van der Waals surface area contributed by atoms with Crippen LogP contribution in [0.1, 0.15) is 11.4 Å². The van der Waals surface area contributed by atoms with Crippen molar-refractivity contribution in [3.63, 3.8) is 0 Å². The molecule has 7 nitrogen and oxygen atoms in total. The Morgan fingerprint density at radius 3 is 2.75 bits per heavy atom. The van der Waals surface area contributed by atoms with Crippen molar-refractivity contribution in [1.82, 2.24) is 19.8 Å². The minimum atomic E-state index is -0.489. The molecular formula is C20H22FN5O2. The lowest BCUT2D eigenvalue weighted by molar-refractivity contribution is -0.00996. The third-order valence-corrected chi connectivity index (χ3v) is 5.92. The van der Waals surface area contributed by atoms with Crippen LogP contribution in [0.25, 0.3) is 0 Å². The van der Waals surface area contributed by atoms with Gasteiger partial charge < -0.3 is 9.64 Å². The van der Waals surface area contributed by atoms with Crippen LogP contribution in [0.4, 0.5) is 15.0 Å². The van der Waals surface area contributed by atoms with E-state index in [1.807, 2.05) is 30.0 Å². The third kappa shape index (κ3) is 2.88. The van der Waals surface area contributed by atoms with Crippen LogP contribution in [0.15, 0.2) is 36.5 Å². The summed E-state index contributed by atoms with van der Waals surface area (Å²) in [7, 11) is 0. The topological polar surface area (TPSA) is 61.8 Å². The summed E-state index contributed by atoms with van der Waals surface area (Å²) in [4.78, 5) is 27.3. The third-order valence-electron chi connectivity index (χ3n) is 5.92. The molecule has 3 aliphatic heterocycles. The molecule has 0 N–H and O–H groups in total. The van der Waals surface area contributed by atoms with Crippen LogP contribution in [0.3, 0.4) is 0 Å². The molecule has 3 fully saturated rings. The zero-order valence-electron chi connectivity index (χ0n) is 15.7. The van der Waals surface area contributed by atoms with E-state index in [2.05, 4.69) is 19.8 Å². The van der Waals surface area contributed by atoms with Gasteiger partial charge in [-0.2, -0.15) is 0 Å². The summed E-state index contributed by atoms with van der Waals surface area (Å²) in [5.74, 6) is 1.37. The Labute approximate surface area is 162 Å². The monoisotopic (exact) mass is 383 g/mol. The molecule has 2 aromatic rings. The number of halogens is 1. The van der Waals surface area contributed by atoms with Crippen LogP contribution >= 0.6 is 0 Å². The average Bonchev–Trinajstić information content (AvgIpc) is 2.95. The van der Waals surface area contributed by atoms with Gasteiger partial charge in [0.05, 0.1) is 19.1 Å². The van der Waals surface area contributed by atoms with Crippen molar-refractivity contribution < 1.29 is 13.9 Å². The first-order chi connectivity index (χ1) is 13.5. The number of piperazine rings is 1. The van der Waals surface area contributed by atoms with Gasteiger partial charge in [0.25, 0.3) is 0 Å². The molecule has 0 saturated carbocycles. The maximum Gasteiger partial charge on any atom is 0.411 e. The maximum absolute atomic E-state index is 13.2. The van der Waals surface area contributed by atoms with Gasteiger partial charge in [-0.1, -0.05) is 12.1 Å². The normalized spacial score (nSPS) is 23.5. The fraction of sp³-hybridized carbons (Fsp3) is 0.450. The number of amides is 1. The summed E-state index contributed by atoms with van der Waals surface area (Å²) in [6, 6.07) is 8.52. The standard InChI is InChI=1S/C20H22FN5O2/c1-14-22-7-6-18(23-14)25-12-20(13-25)17-11-24(8-9-26(17)19(27)28-20)10-15-2-4-16(21)5-3-15/h2-7,17H,8-13H2,1H3. The van der Waals surface area contributed by atoms with E-state index in [1.165, 1.54) is 12.1 Å². The Bertz CT molecular complexity index is 900. The van der Waals surface area contributed by atoms with Gasteiger partial charge in [0.15, 0.2) is 5.60 Å². The lowest BCUT2D eigenvalue weighted by Crippen LogP contribution is -2.71. The molecule has 5 rings (SSSR count). The summed E-state index contributed by atoms with van der Waals surface area (Å²) in [5, 5.41) is 0. The summed E-state index contributed by atoms with van der Waals surface area (Å²) in [6.45, 7) is 6.07. The molecule has 1 atom stereocenters. The number of carbonyl (C=O) groups is 1. The van der Waals surface area contributed by atoms with Crippen LogP contribution in [0.5, 0.6) is 0 Å². The lowest BCUT2D eigenvalue weighted by Gasteiger charge is -2.51. The van der Waals surface area contributed by atoms with E-state index in [0.717, 1.165) is 36.8 Å². The number of aromatic nitrogens is 2. The summed E-state index contributed by atoms with van der Waals surface area (Å²) in [5.41, 5.74) is 0.582. The number of anilines is 1. The van der Waals surface area contributed by atoms with Crippen LogP contribution in [-0.4, -0.2) is 70.2 Å². The smallest absolute Gasteiger partial charge is 0.411 e. The summed E-state index contributed by atoms with van der Waals surface area (Å²) >= 11 is 0. The van der Waals surface area contributed by atoms with Gasteiger partial charge in [-0.15, -0.1) is 0 Å². The molecule has 1 unspecified atom stereocenters. The van der Waals surface area contributed by atoms with Crippen LogP contribution < -0.4 is 4.90 Å². The average molecular weight is 383 g/mol. The molecule has 0 radical (unpaired) electrons. The number of aryl methyl sites for hydroxylation is 1. The number of benzene rings is 1. The predicted octanol–water partition coefficient (Wildman–Crippen LogP) is 1.82. The Morgan fingerprint density at radius 2 is 2.00 bits per heavy atom. The van der Waals surface area contributed by atoms with Crippen molar-refractivity contribution in [1.29, 1.82) is 0 Å². The van der Waals surface area contributed by atoms with E-state index in [4.69, 9.17) is 4.74 Å². The van der Waals surface area contributed by atoms with Gasteiger partial charge in [0.2, 0.25) is 0 Å². The van der Waals surface area contributed by atoms with E-state index in [-0.39, 0.29) is 18.0 Å². The molecule has 1 spiro atoms. The van der Waals surface area contributed by atoms with Crippen molar-refractivity contribution >= 4 is 11.9 Å². The van der Waals surface area contributed by atoms with Crippen LogP contribution in [-0.2, 0) is 11.3 Å². The van der Waals surface area contributed by atoms with E-state index >= 15 is 0 Å². The van der Waals surface area contributed by atoms with Crippen LogP contribution in [0, 0.1) is 12.7 Å². The van der Waals surface area contributed by atoms with Crippen molar-refractivity contribution in [3.05, 3.63) is 53.7 Å². The lowest BCUT2D eigenvalue weighted by atomic mass is 9.84. The molecule has 146 valence electrons. The van der Waals surface area contributed by atoms with Gasteiger partial charge in [-0.3, -0.25) is 9.80 Å². The second-order valence-corrected chi connectivity index (χ2v) is 7.82. The fourth-order valence-corrected chi connectivity index (χ4v) is 4.46. The predicted molar refractivity (Wildman–Crippen MR) is 100 cm³/mol. The van der Waals surface area contributed by atoms with Crippen molar-refractivity contribution in [3.8, 4) is 0 Å². The molecular weight excluding hydrogens is 361 g/mol. The number of nitrogens with zero attached hydrogens (tertiary/aromatic N) is 5. The molecule has 8 heteroatoms. The number of ether oxygens (including phenoxy) is 1. The Kier molecular flexibility index (Phi) is 3.97. The first-order valence-corrected chi connectivity index (χ1v) is 9.53. The molecule has 1 aromatic heterocycles. The van der Waals surface area contributed by atoms with Gasteiger partial charge >= 0.3 is 6.09 Å². The SMILES string of the molecule is Cc1nccc(N2CC3(C2)OC(=O)N2CCN(Cc4ccc(F)cc4)CC23)n1. The van der Waals surface area contributed by atoms with Gasteiger partial charge in [-0.05, 0) is 30.7 Å². The highest BCUT2D eigenvalue weighted by atomic mass is 19.1. The van der Waals surface area contributed by atoms with E-state index < -0.39 is 5.60 Å². The summed E-state index contributed by atoms with van der Waals surface area (Å²) in [6.07, 6.45) is 1.53. The first-order valence-electron chi connectivity index (χ1n) is 9.53. The molecule has 1 amide bonds. The zero-order valence-corrected chi connectivity index (χ0v) is 15.7. The van der Waals surface area contributed by atoms with E-state index in [9.17, 15) is 9.18 Å². The maximum atomic E-state index is 13.2. The van der Waals surface area contributed by atoms with Crippen molar-refractivity contribution in [2.75, 3.05) is 37.6 Å². The highest BCUT2D eigenvalue weighted by Gasteiger charge is 2.62. The van der Waals surface area contributed by atoms with Crippen LogP contribution in [0.2, 0.25) is 0 Å². The highest BCUT2D eigenvalue weighted by Crippen LogP contribution is 2.41. The van der Waals surface area contributed by atoms with E-state index in [1.54, 1.807) is 6.20 Å². The number of carbonyl (C=O) groups excluding carboxylic acids is 1. The second kappa shape index (κ2) is 6.41. The Hall–Kier alpha value is -2.74. The number of fused-ring (bicyclic) bond motifs is 2. The number of hydrogen-bond acceptors (Lipinski definition) is 6. The minimum Gasteiger partial charge on any atom is -0.437 e. The molecule has 1 aromatic carbocycles. The Morgan fingerprint density at radius 1 is 1.21 bits per heavy atom. The highest BCUT2D eigenvalue weighted by molar-refractivity contribution is 5.73. The minimum absolute atomic E-state index is 0.0217. The molecule has 4 heterocycles. The van der Waals surface area contributed by atoms with E-state index in [0.29, 0.717) is 19.6 Å². The second-order valence-electron chi connectivity index (χ2n) is 7.82. The fourth-order valence-electron chi connectivity index (χ4n) is 4.46. The van der Waals surface area contributed by atoms with Crippen molar-refractivity contribution in [2.24, 2.45) is 0 Å². The number of rotatable bonds is 3. The van der Waals surface area contributed by atoms with Gasteiger partial charge in [0.1, 0.15) is 17.5 Å². The molecule has 0 aliphatic carbocycles. The number of hydrogen-bond donors (Lipinski definition) is 0. The van der Waals surface area contributed by atoms with Gasteiger partial charge in [0, 0.05) is 32.4 Å². The zero-order chi connectivity index (χ0) is 19.3. The Balaban J connectivity index is 1.30. The van der Waals surface area contributed by atoms with Crippen molar-refractivity contribution in [2.45, 2.75) is 25.1 Å².